The van der Waals surface area contributed by atoms with Gasteiger partial charge in [0.2, 0.25) is 5.91 Å². The van der Waals surface area contributed by atoms with Crippen LogP contribution in [0.4, 0.5) is 0 Å². The zero-order chi connectivity index (χ0) is 38.7. The lowest BCUT2D eigenvalue weighted by Gasteiger charge is -2.23. The van der Waals surface area contributed by atoms with E-state index in [4.69, 9.17) is 0 Å². The fraction of sp³-hybridized carbons (Fsp3) is 0.896. The maximum Gasteiger partial charge on any atom is 0.249 e. The molecule has 1 amide bonds. The summed E-state index contributed by atoms with van der Waals surface area (Å²) in [6.45, 7) is 4.22. The van der Waals surface area contributed by atoms with Gasteiger partial charge in [-0.25, -0.2) is 0 Å². The van der Waals surface area contributed by atoms with E-state index in [0.717, 1.165) is 32.1 Å². The Morgan fingerprint density at radius 3 is 1.13 bits per heavy atom. The van der Waals surface area contributed by atoms with Crippen LogP contribution in [0.3, 0.4) is 0 Å². The van der Waals surface area contributed by atoms with Crippen LogP contribution in [0.25, 0.3) is 0 Å². The first-order valence-electron chi connectivity index (χ1n) is 23.7. The highest BCUT2D eigenvalue weighted by Gasteiger charge is 2.23. The molecule has 0 aliphatic rings. The number of hydrogen-bond acceptors (Lipinski definition) is 4. The first-order valence-corrected chi connectivity index (χ1v) is 23.7. The summed E-state index contributed by atoms with van der Waals surface area (Å²) in [6.07, 6.45) is 53.2. The molecule has 0 aliphatic heterocycles. The normalized spacial score (nSPS) is 13.7. The Morgan fingerprint density at radius 2 is 0.755 bits per heavy atom. The van der Waals surface area contributed by atoms with Gasteiger partial charge in [-0.05, 0) is 38.5 Å². The van der Waals surface area contributed by atoms with Crippen molar-refractivity contribution in [3.8, 4) is 0 Å². The van der Waals surface area contributed by atoms with Crippen LogP contribution in [-0.2, 0) is 4.79 Å². The molecule has 0 rings (SSSR count). The lowest BCUT2D eigenvalue weighted by atomic mass is 10.0. The van der Waals surface area contributed by atoms with Gasteiger partial charge in [-0.15, -0.1) is 0 Å². The molecule has 5 nitrogen and oxygen atoms in total. The molecular formula is C48H93NO4. The Labute approximate surface area is 331 Å². The molecule has 0 spiro atoms. The number of aliphatic hydroxyl groups is 3. The lowest BCUT2D eigenvalue weighted by molar-refractivity contribution is -0.131. The van der Waals surface area contributed by atoms with Crippen LogP contribution in [0, 0.1) is 0 Å². The van der Waals surface area contributed by atoms with Crippen molar-refractivity contribution in [2.45, 2.75) is 270 Å². The lowest BCUT2D eigenvalue weighted by Crippen LogP contribution is -2.49. The average Bonchev–Trinajstić information content (AvgIpc) is 3.16. The van der Waals surface area contributed by atoms with E-state index >= 15 is 0 Å². The van der Waals surface area contributed by atoms with Crippen LogP contribution >= 0.6 is 0 Å². The molecule has 0 aliphatic carbocycles. The van der Waals surface area contributed by atoms with E-state index in [1.54, 1.807) is 0 Å². The molecule has 0 radical (unpaired) electrons. The summed E-state index contributed by atoms with van der Waals surface area (Å²) in [5.41, 5.74) is 0. The molecule has 4 N–H and O–H groups in total. The molecule has 0 aromatic heterocycles. The van der Waals surface area contributed by atoms with Crippen molar-refractivity contribution in [2.24, 2.45) is 0 Å². The third kappa shape index (κ3) is 38.9. The molecule has 0 saturated carbocycles. The Hall–Kier alpha value is -1.17. The van der Waals surface area contributed by atoms with Gasteiger partial charge in [0.25, 0.3) is 0 Å². The van der Waals surface area contributed by atoms with Crippen molar-refractivity contribution in [1.82, 2.24) is 5.32 Å². The smallest absolute Gasteiger partial charge is 0.249 e. The monoisotopic (exact) mass is 748 g/mol. The summed E-state index contributed by atoms with van der Waals surface area (Å²) < 4.78 is 0. The fourth-order valence-electron chi connectivity index (χ4n) is 7.36. The van der Waals surface area contributed by atoms with E-state index in [2.05, 4.69) is 43.5 Å². The number of unbranched alkanes of at least 4 members (excludes halogenated alkanes) is 32. The second kappa shape index (κ2) is 43.6. The van der Waals surface area contributed by atoms with Gasteiger partial charge in [-0.3, -0.25) is 4.79 Å². The SMILES string of the molecule is CCCCC/C=C\C=C/CCCCCCCCCCCC(O)C(=O)NC(CO)C(O)CCCCCCCCCCCCCCCCCCCCCCC. The van der Waals surface area contributed by atoms with Crippen molar-refractivity contribution < 1.29 is 20.1 Å². The van der Waals surface area contributed by atoms with Crippen molar-refractivity contribution in [3.63, 3.8) is 0 Å². The maximum atomic E-state index is 12.5. The van der Waals surface area contributed by atoms with E-state index < -0.39 is 24.2 Å². The van der Waals surface area contributed by atoms with Crippen LogP contribution in [0.5, 0.6) is 0 Å². The summed E-state index contributed by atoms with van der Waals surface area (Å²) >= 11 is 0. The molecule has 0 saturated heterocycles. The third-order valence-electron chi connectivity index (χ3n) is 11.1. The molecule has 0 aromatic carbocycles. The number of amides is 1. The van der Waals surface area contributed by atoms with Gasteiger partial charge in [0.1, 0.15) is 6.10 Å². The second-order valence-corrected chi connectivity index (χ2v) is 16.4. The highest BCUT2D eigenvalue weighted by atomic mass is 16.3. The van der Waals surface area contributed by atoms with Crippen molar-refractivity contribution in [3.05, 3.63) is 24.3 Å². The molecule has 0 aromatic rings. The summed E-state index contributed by atoms with van der Waals surface area (Å²) in [7, 11) is 0. The highest BCUT2D eigenvalue weighted by Crippen LogP contribution is 2.17. The van der Waals surface area contributed by atoms with Gasteiger partial charge in [0, 0.05) is 0 Å². The highest BCUT2D eigenvalue weighted by molar-refractivity contribution is 5.80. The number of hydrogen-bond donors (Lipinski definition) is 4. The summed E-state index contributed by atoms with van der Waals surface area (Å²) in [5, 5.41) is 33.4. The van der Waals surface area contributed by atoms with Crippen LogP contribution in [0.2, 0.25) is 0 Å². The van der Waals surface area contributed by atoms with Crippen molar-refractivity contribution in [1.29, 1.82) is 0 Å². The fourth-order valence-corrected chi connectivity index (χ4v) is 7.36. The van der Waals surface area contributed by atoms with E-state index in [1.165, 1.54) is 193 Å². The molecular weight excluding hydrogens is 655 g/mol. The second-order valence-electron chi connectivity index (χ2n) is 16.4. The van der Waals surface area contributed by atoms with Gasteiger partial charge in [-0.2, -0.15) is 0 Å². The zero-order valence-corrected chi connectivity index (χ0v) is 35.7. The topological polar surface area (TPSA) is 89.8 Å². The number of nitrogens with one attached hydrogen (secondary N) is 1. The number of rotatable bonds is 43. The van der Waals surface area contributed by atoms with Gasteiger partial charge in [0.15, 0.2) is 0 Å². The van der Waals surface area contributed by atoms with Crippen molar-refractivity contribution in [2.75, 3.05) is 6.61 Å². The number of carbonyl (C=O) groups is 1. The van der Waals surface area contributed by atoms with Crippen LogP contribution in [0.1, 0.15) is 251 Å². The average molecular weight is 748 g/mol. The standard InChI is InChI=1S/C48H93NO4/c1-3-5-7-9-11-13-15-17-19-21-23-24-25-27-28-30-32-34-36-38-40-42-46(51)45(44-50)49-48(53)47(52)43-41-39-37-35-33-31-29-26-22-20-18-16-14-12-10-8-6-4-2/h12,14,16,18,45-47,50-52H,3-11,13,15,17,19-44H2,1-2H3,(H,49,53)/b14-12-,18-16-. The van der Waals surface area contributed by atoms with Gasteiger partial charge in [0.05, 0.1) is 18.8 Å². The molecule has 5 heteroatoms. The third-order valence-corrected chi connectivity index (χ3v) is 11.1. The van der Waals surface area contributed by atoms with Crippen LogP contribution in [0.15, 0.2) is 24.3 Å². The van der Waals surface area contributed by atoms with Gasteiger partial charge < -0.3 is 20.6 Å². The Morgan fingerprint density at radius 1 is 0.453 bits per heavy atom. The quantitative estimate of drug-likeness (QED) is 0.0369. The number of allylic oxidation sites excluding steroid dienone is 4. The molecule has 0 bridgehead atoms. The Bertz CT molecular complexity index is 784. The molecule has 314 valence electrons. The zero-order valence-electron chi connectivity index (χ0n) is 35.7. The first kappa shape index (κ1) is 51.8. The van der Waals surface area contributed by atoms with E-state index in [9.17, 15) is 20.1 Å². The van der Waals surface area contributed by atoms with Crippen LogP contribution in [-0.4, -0.2) is 46.1 Å². The number of aliphatic hydroxyl groups excluding tert-OH is 3. The molecule has 3 unspecified atom stereocenters. The molecule has 3 atom stereocenters. The largest absolute Gasteiger partial charge is 0.394 e. The minimum atomic E-state index is -1.08. The van der Waals surface area contributed by atoms with Crippen molar-refractivity contribution >= 4 is 5.91 Å². The summed E-state index contributed by atoms with van der Waals surface area (Å²) in [5.74, 6) is -0.472. The van der Waals surface area contributed by atoms with Gasteiger partial charge in [-0.1, -0.05) is 237 Å². The van der Waals surface area contributed by atoms with Gasteiger partial charge >= 0.3 is 0 Å². The van der Waals surface area contributed by atoms with E-state index in [1.807, 2.05) is 0 Å². The van der Waals surface area contributed by atoms with E-state index in [0.29, 0.717) is 12.8 Å². The maximum absolute atomic E-state index is 12.5. The minimum Gasteiger partial charge on any atom is -0.394 e. The van der Waals surface area contributed by atoms with E-state index in [-0.39, 0.29) is 6.61 Å². The molecule has 0 heterocycles. The Balaban J connectivity index is 3.59. The Kier molecular flexibility index (Phi) is 42.6. The predicted octanol–water partition coefficient (Wildman–Crippen LogP) is 13.8. The summed E-state index contributed by atoms with van der Waals surface area (Å²) in [4.78, 5) is 12.5. The molecule has 0 fully saturated rings. The first-order chi connectivity index (χ1) is 26.1. The molecule has 53 heavy (non-hydrogen) atoms. The van der Waals surface area contributed by atoms with Crippen LogP contribution < -0.4 is 5.32 Å². The predicted molar refractivity (Wildman–Crippen MR) is 231 cm³/mol. The number of carbonyl (C=O) groups excluding carboxylic acids is 1. The minimum absolute atomic E-state index is 0.313. The summed E-state index contributed by atoms with van der Waals surface area (Å²) in [6, 6.07) is -0.713.